The first-order valence-electron chi connectivity index (χ1n) is 8.18. The molecule has 4 nitrogen and oxygen atoms in total. The second kappa shape index (κ2) is 7.42. The van der Waals surface area contributed by atoms with Crippen LogP contribution in [-0.4, -0.2) is 37.7 Å². The summed E-state index contributed by atoms with van der Waals surface area (Å²) in [6.45, 7) is 7.08. The van der Waals surface area contributed by atoms with Crippen LogP contribution in [0.1, 0.15) is 12.5 Å². The van der Waals surface area contributed by atoms with Gasteiger partial charge in [0, 0.05) is 38.9 Å². The van der Waals surface area contributed by atoms with Gasteiger partial charge < -0.3 is 15.1 Å². The summed E-state index contributed by atoms with van der Waals surface area (Å²) in [5, 5.41) is 3.29. The lowest BCUT2D eigenvalue weighted by molar-refractivity contribution is 0.594. The van der Waals surface area contributed by atoms with Crippen molar-refractivity contribution in [1.82, 2.24) is 10.3 Å². The van der Waals surface area contributed by atoms with E-state index in [4.69, 9.17) is 0 Å². The molecule has 23 heavy (non-hydrogen) atoms. The average molecular weight is 314 g/mol. The van der Waals surface area contributed by atoms with Crippen LogP contribution in [0, 0.1) is 5.82 Å². The van der Waals surface area contributed by atoms with Crippen molar-refractivity contribution in [3.05, 3.63) is 54.0 Å². The fraction of sp³-hybridized carbons (Fsp3) is 0.389. The van der Waals surface area contributed by atoms with Crippen molar-refractivity contribution < 1.29 is 4.39 Å². The molecule has 0 bridgehead atoms. The molecule has 1 saturated heterocycles. The Morgan fingerprint density at radius 1 is 1.09 bits per heavy atom. The molecule has 1 aromatic carbocycles. The van der Waals surface area contributed by atoms with Crippen LogP contribution < -0.4 is 15.1 Å². The summed E-state index contributed by atoms with van der Waals surface area (Å²) >= 11 is 0. The molecule has 0 amide bonds. The fourth-order valence-electron chi connectivity index (χ4n) is 2.90. The number of rotatable bonds is 5. The number of halogens is 1. The van der Waals surface area contributed by atoms with Crippen molar-refractivity contribution >= 4 is 11.5 Å². The molecule has 2 aromatic rings. The summed E-state index contributed by atoms with van der Waals surface area (Å²) in [4.78, 5) is 8.77. The topological polar surface area (TPSA) is 31.4 Å². The number of benzene rings is 1. The molecule has 0 aliphatic carbocycles. The van der Waals surface area contributed by atoms with Crippen LogP contribution in [0.3, 0.4) is 0 Å². The van der Waals surface area contributed by atoms with Gasteiger partial charge in [0.2, 0.25) is 0 Å². The third-order valence-corrected chi connectivity index (χ3v) is 4.18. The molecule has 122 valence electrons. The molecule has 0 atom stereocenters. The Kier molecular flexibility index (Phi) is 5.08. The molecule has 1 aromatic heterocycles. The van der Waals surface area contributed by atoms with Crippen molar-refractivity contribution in [2.45, 2.75) is 13.5 Å². The lowest BCUT2D eigenvalue weighted by atomic mass is 10.1. The van der Waals surface area contributed by atoms with E-state index >= 15 is 0 Å². The van der Waals surface area contributed by atoms with E-state index in [1.54, 1.807) is 6.07 Å². The zero-order chi connectivity index (χ0) is 16.1. The van der Waals surface area contributed by atoms with Gasteiger partial charge in [-0.05, 0) is 36.4 Å². The molecule has 1 fully saturated rings. The molecule has 1 aliphatic heterocycles. The summed E-state index contributed by atoms with van der Waals surface area (Å²) in [6, 6.07) is 11.3. The maximum atomic E-state index is 14.2. The first kappa shape index (κ1) is 15.7. The van der Waals surface area contributed by atoms with Gasteiger partial charge in [0.25, 0.3) is 0 Å². The Morgan fingerprint density at radius 3 is 2.57 bits per heavy atom. The highest BCUT2D eigenvalue weighted by Crippen LogP contribution is 2.23. The first-order chi connectivity index (χ1) is 11.3. The summed E-state index contributed by atoms with van der Waals surface area (Å²) in [5.74, 6) is 0.852. The van der Waals surface area contributed by atoms with E-state index in [2.05, 4.69) is 27.0 Å². The van der Waals surface area contributed by atoms with E-state index in [1.807, 2.05) is 36.5 Å². The van der Waals surface area contributed by atoms with Crippen LogP contribution in [-0.2, 0) is 6.54 Å². The zero-order valence-corrected chi connectivity index (χ0v) is 13.5. The van der Waals surface area contributed by atoms with E-state index < -0.39 is 0 Å². The third-order valence-electron chi connectivity index (χ3n) is 4.18. The van der Waals surface area contributed by atoms with E-state index in [0.29, 0.717) is 5.69 Å². The lowest BCUT2D eigenvalue weighted by Crippen LogP contribution is -2.47. The number of nitrogens with one attached hydrogen (secondary N) is 1. The Bertz CT molecular complexity index is 624. The maximum absolute atomic E-state index is 14.2. The number of pyridine rings is 1. The molecule has 2 heterocycles. The molecule has 0 saturated carbocycles. The van der Waals surface area contributed by atoms with Crippen molar-refractivity contribution in [1.29, 1.82) is 0 Å². The molecular formula is C18H23FN4. The van der Waals surface area contributed by atoms with Gasteiger partial charge in [-0.2, -0.15) is 0 Å². The van der Waals surface area contributed by atoms with Gasteiger partial charge in [-0.15, -0.1) is 0 Å². The molecule has 0 radical (unpaired) electrons. The fourth-order valence-corrected chi connectivity index (χ4v) is 2.90. The average Bonchev–Trinajstić information content (AvgIpc) is 2.62. The number of anilines is 2. The Hall–Kier alpha value is -2.14. The van der Waals surface area contributed by atoms with Crippen molar-refractivity contribution in [2.75, 3.05) is 42.5 Å². The van der Waals surface area contributed by atoms with Gasteiger partial charge in [0.15, 0.2) is 0 Å². The van der Waals surface area contributed by atoms with Gasteiger partial charge in [0.05, 0.1) is 5.69 Å². The highest BCUT2D eigenvalue weighted by atomic mass is 19.1. The summed E-state index contributed by atoms with van der Waals surface area (Å²) in [6.07, 6.45) is 1.81. The van der Waals surface area contributed by atoms with Crippen LogP contribution in [0.15, 0.2) is 42.6 Å². The second-order valence-corrected chi connectivity index (χ2v) is 5.73. The van der Waals surface area contributed by atoms with Crippen LogP contribution >= 0.6 is 0 Å². The van der Waals surface area contributed by atoms with E-state index in [1.165, 1.54) is 0 Å². The van der Waals surface area contributed by atoms with E-state index in [0.717, 1.165) is 50.6 Å². The van der Waals surface area contributed by atoms with Crippen molar-refractivity contribution in [3.63, 3.8) is 0 Å². The standard InChI is InChI=1S/C18H23FN4/c1-2-20-14-15-6-7-16(19)17(13-15)22-9-11-23(12-10-22)18-5-3-4-8-21-18/h3-8,13,20H,2,9-12,14H2,1H3. The van der Waals surface area contributed by atoms with Crippen LogP contribution in [0.25, 0.3) is 0 Å². The number of hydrogen-bond donors (Lipinski definition) is 1. The summed E-state index contributed by atoms with van der Waals surface area (Å²) in [5.41, 5.74) is 1.83. The third kappa shape index (κ3) is 3.79. The minimum Gasteiger partial charge on any atom is -0.366 e. The van der Waals surface area contributed by atoms with E-state index in [9.17, 15) is 4.39 Å². The predicted molar refractivity (Wildman–Crippen MR) is 92.4 cm³/mol. The van der Waals surface area contributed by atoms with Gasteiger partial charge in [0.1, 0.15) is 11.6 Å². The first-order valence-corrected chi connectivity index (χ1v) is 8.18. The quantitative estimate of drug-likeness (QED) is 0.919. The summed E-state index contributed by atoms with van der Waals surface area (Å²) < 4.78 is 14.2. The van der Waals surface area contributed by atoms with Gasteiger partial charge in [-0.25, -0.2) is 9.37 Å². The van der Waals surface area contributed by atoms with Crippen molar-refractivity contribution in [2.24, 2.45) is 0 Å². The maximum Gasteiger partial charge on any atom is 0.146 e. The normalized spacial score (nSPS) is 15.0. The van der Waals surface area contributed by atoms with Gasteiger partial charge in [-0.1, -0.05) is 19.1 Å². The van der Waals surface area contributed by atoms with Crippen molar-refractivity contribution in [3.8, 4) is 0 Å². The number of nitrogens with zero attached hydrogens (tertiary/aromatic N) is 3. The SMILES string of the molecule is CCNCc1ccc(F)c(N2CCN(c3ccccn3)CC2)c1. The Balaban J connectivity index is 1.67. The summed E-state index contributed by atoms with van der Waals surface area (Å²) in [7, 11) is 0. The largest absolute Gasteiger partial charge is 0.366 e. The molecule has 3 rings (SSSR count). The highest BCUT2D eigenvalue weighted by molar-refractivity contribution is 5.52. The number of hydrogen-bond acceptors (Lipinski definition) is 4. The second-order valence-electron chi connectivity index (χ2n) is 5.73. The molecule has 1 N–H and O–H groups in total. The number of piperazine rings is 1. The van der Waals surface area contributed by atoms with Gasteiger partial charge in [-0.3, -0.25) is 0 Å². The monoisotopic (exact) mass is 314 g/mol. The molecule has 5 heteroatoms. The zero-order valence-electron chi connectivity index (χ0n) is 13.5. The molecular weight excluding hydrogens is 291 g/mol. The number of aromatic nitrogens is 1. The molecule has 1 aliphatic rings. The predicted octanol–water partition coefficient (Wildman–Crippen LogP) is 2.66. The Morgan fingerprint density at radius 2 is 1.87 bits per heavy atom. The van der Waals surface area contributed by atoms with Crippen LogP contribution in [0.2, 0.25) is 0 Å². The van der Waals surface area contributed by atoms with Crippen LogP contribution in [0.4, 0.5) is 15.9 Å². The van der Waals surface area contributed by atoms with E-state index in [-0.39, 0.29) is 5.82 Å². The minimum atomic E-state index is -0.142. The van der Waals surface area contributed by atoms with Crippen LogP contribution in [0.5, 0.6) is 0 Å². The molecule has 0 spiro atoms. The Labute approximate surface area is 136 Å². The lowest BCUT2D eigenvalue weighted by Gasteiger charge is -2.37. The smallest absolute Gasteiger partial charge is 0.146 e. The minimum absolute atomic E-state index is 0.142. The van der Waals surface area contributed by atoms with Gasteiger partial charge >= 0.3 is 0 Å². The highest BCUT2D eigenvalue weighted by Gasteiger charge is 2.20. The molecule has 0 unspecified atom stereocenters.